The number of aromatic nitrogens is 3. The highest BCUT2D eigenvalue weighted by atomic mass is 16.2. The molecule has 1 aromatic carbocycles. The molecule has 7 rings (SSSR count). The molecule has 3 aromatic heterocycles. The summed E-state index contributed by atoms with van der Waals surface area (Å²) in [6.07, 6.45) is 9.82. The number of nitrogens with one attached hydrogen (secondary N) is 1. The van der Waals surface area contributed by atoms with Gasteiger partial charge in [0.05, 0.1) is 35.1 Å². The summed E-state index contributed by atoms with van der Waals surface area (Å²) >= 11 is 0. The molecule has 0 aliphatic carbocycles. The molecule has 186 valence electrons. The number of likely N-dealkylation sites (tertiary alicyclic amines) is 1. The van der Waals surface area contributed by atoms with Crippen molar-refractivity contribution in [1.29, 1.82) is 0 Å². The molecule has 0 saturated carbocycles. The van der Waals surface area contributed by atoms with E-state index in [1.165, 1.54) is 6.42 Å². The first kappa shape index (κ1) is 22.0. The quantitative estimate of drug-likeness (QED) is 0.348. The molecule has 1 fully saturated rings. The molecular weight excluding hydrogens is 468 g/mol. The van der Waals surface area contributed by atoms with Gasteiger partial charge < -0.3 is 9.47 Å². The minimum absolute atomic E-state index is 0.0695. The zero-order valence-corrected chi connectivity index (χ0v) is 20.3. The van der Waals surface area contributed by atoms with Gasteiger partial charge in [0, 0.05) is 43.0 Å². The van der Waals surface area contributed by atoms with Gasteiger partial charge >= 0.3 is 0 Å². The topological polar surface area (TPSA) is 92.0 Å². The third kappa shape index (κ3) is 3.34. The van der Waals surface area contributed by atoms with Crippen LogP contribution in [0.5, 0.6) is 0 Å². The first-order chi connectivity index (χ1) is 18.1. The first-order valence-corrected chi connectivity index (χ1v) is 12.7. The van der Waals surface area contributed by atoms with Gasteiger partial charge in [-0.25, -0.2) is 4.98 Å². The Labute approximate surface area is 213 Å². The average molecular weight is 495 g/mol. The number of carbonyl (C=O) groups is 3. The Kier molecular flexibility index (Phi) is 5.00. The summed E-state index contributed by atoms with van der Waals surface area (Å²) < 4.78 is 3.99. The highest BCUT2D eigenvalue weighted by molar-refractivity contribution is 6.49. The van der Waals surface area contributed by atoms with Crippen molar-refractivity contribution >= 4 is 45.9 Å². The summed E-state index contributed by atoms with van der Waals surface area (Å²) in [6, 6.07) is 11.6. The van der Waals surface area contributed by atoms with Gasteiger partial charge in [0.1, 0.15) is 11.8 Å². The monoisotopic (exact) mass is 494 g/mol. The molecule has 37 heavy (non-hydrogen) atoms. The summed E-state index contributed by atoms with van der Waals surface area (Å²) in [5.41, 5.74) is 4.72. The molecule has 6 heterocycles. The number of para-hydroxylation sites is 1. The van der Waals surface area contributed by atoms with E-state index in [1.807, 2.05) is 58.1 Å². The maximum absolute atomic E-state index is 13.3. The van der Waals surface area contributed by atoms with Crippen LogP contribution in [-0.2, 0) is 27.5 Å². The predicted octanol–water partition coefficient (Wildman–Crippen LogP) is 2.64. The molecule has 3 aliphatic heterocycles. The zero-order chi connectivity index (χ0) is 25.1. The van der Waals surface area contributed by atoms with Crippen molar-refractivity contribution in [3.63, 3.8) is 0 Å². The number of imidazole rings is 1. The van der Waals surface area contributed by atoms with Crippen LogP contribution in [0, 0.1) is 0 Å². The lowest BCUT2D eigenvalue weighted by Gasteiger charge is -2.39. The fourth-order valence-electron chi connectivity index (χ4n) is 6.21. The van der Waals surface area contributed by atoms with E-state index in [1.54, 1.807) is 6.20 Å². The van der Waals surface area contributed by atoms with Crippen molar-refractivity contribution in [3.05, 3.63) is 71.8 Å². The molecule has 0 bridgehead atoms. The van der Waals surface area contributed by atoms with E-state index in [0.29, 0.717) is 35.6 Å². The number of hydrogen-bond donors (Lipinski definition) is 1. The SMILES string of the molecule is O=CN1Cc2cccc3c(C4=C(c5cnc6ccccn56)C(=O)NC4=O)cn(c23)CC1N1CCCCC1. The van der Waals surface area contributed by atoms with Crippen LogP contribution in [0.15, 0.2) is 55.0 Å². The van der Waals surface area contributed by atoms with Crippen LogP contribution in [0.4, 0.5) is 0 Å². The lowest BCUT2D eigenvalue weighted by Crippen LogP contribution is -2.50. The Bertz CT molecular complexity index is 1620. The first-order valence-electron chi connectivity index (χ1n) is 12.7. The number of rotatable bonds is 4. The van der Waals surface area contributed by atoms with Gasteiger partial charge in [-0.1, -0.05) is 30.7 Å². The number of imide groups is 1. The zero-order valence-electron chi connectivity index (χ0n) is 20.3. The predicted molar refractivity (Wildman–Crippen MR) is 138 cm³/mol. The van der Waals surface area contributed by atoms with Gasteiger partial charge in [-0.3, -0.25) is 29.0 Å². The molecular formula is C28H26N6O3. The number of carbonyl (C=O) groups excluding carboxylic acids is 3. The summed E-state index contributed by atoms with van der Waals surface area (Å²) in [5.74, 6) is -0.831. The van der Waals surface area contributed by atoms with Crippen LogP contribution in [0.1, 0.15) is 36.1 Å². The lowest BCUT2D eigenvalue weighted by atomic mass is 9.98. The van der Waals surface area contributed by atoms with Crippen LogP contribution in [0.2, 0.25) is 0 Å². The van der Waals surface area contributed by atoms with Crippen LogP contribution in [0.3, 0.4) is 0 Å². The third-order valence-corrected chi connectivity index (χ3v) is 7.90. The molecule has 9 heteroatoms. The second kappa shape index (κ2) is 8.41. The van der Waals surface area contributed by atoms with Gasteiger partial charge in [-0.05, 0) is 30.5 Å². The van der Waals surface area contributed by atoms with E-state index in [0.717, 1.165) is 54.4 Å². The number of nitrogens with zero attached hydrogens (tertiary/aromatic N) is 5. The Balaban J connectivity index is 1.43. The summed E-state index contributed by atoms with van der Waals surface area (Å²) in [5, 5.41) is 3.41. The number of hydrogen-bond acceptors (Lipinski definition) is 5. The van der Waals surface area contributed by atoms with E-state index in [4.69, 9.17) is 0 Å². The van der Waals surface area contributed by atoms with E-state index in [2.05, 4.69) is 19.8 Å². The second-order valence-electron chi connectivity index (χ2n) is 9.97. The van der Waals surface area contributed by atoms with Gasteiger partial charge in [-0.2, -0.15) is 0 Å². The van der Waals surface area contributed by atoms with Crippen molar-refractivity contribution in [2.24, 2.45) is 0 Å². The van der Waals surface area contributed by atoms with Crippen molar-refractivity contribution < 1.29 is 14.4 Å². The van der Waals surface area contributed by atoms with Gasteiger partial charge in [0.15, 0.2) is 0 Å². The maximum Gasteiger partial charge on any atom is 0.261 e. The molecule has 9 nitrogen and oxygen atoms in total. The summed E-state index contributed by atoms with van der Waals surface area (Å²) in [7, 11) is 0. The van der Waals surface area contributed by atoms with Crippen LogP contribution in [0.25, 0.3) is 27.7 Å². The van der Waals surface area contributed by atoms with E-state index in [9.17, 15) is 14.4 Å². The molecule has 1 unspecified atom stereocenters. The van der Waals surface area contributed by atoms with Crippen molar-refractivity contribution in [1.82, 2.24) is 29.1 Å². The number of amides is 3. The molecule has 3 aliphatic rings. The number of piperidine rings is 1. The average Bonchev–Trinajstić information content (AvgIpc) is 3.55. The summed E-state index contributed by atoms with van der Waals surface area (Å²) in [4.78, 5) is 47.3. The molecule has 4 aromatic rings. The largest absolute Gasteiger partial charge is 0.343 e. The molecule has 1 saturated heterocycles. The van der Waals surface area contributed by atoms with Gasteiger partial charge in [0.2, 0.25) is 6.41 Å². The van der Waals surface area contributed by atoms with Crippen molar-refractivity contribution in [2.75, 3.05) is 13.1 Å². The minimum Gasteiger partial charge on any atom is -0.343 e. The van der Waals surface area contributed by atoms with E-state index < -0.39 is 11.8 Å². The van der Waals surface area contributed by atoms with E-state index >= 15 is 0 Å². The second-order valence-corrected chi connectivity index (χ2v) is 9.97. The van der Waals surface area contributed by atoms with Gasteiger partial charge in [-0.15, -0.1) is 0 Å². The standard InChI is InChI=1S/C28H26N6O3/c35-17-33-14-18-7-6-8-19-20(15-32(26(18)19)16-23(33)31-10-3-1-4-11-31)24-25(28(37)30-27(24)36)21-13-29-22-9-2-5-12-34(21)22/h2,5-9,12-13,15,17,23H,1,3-4,10-11,14,16H2,(H,30,36,37). The highest BCUT2D eigenvalue weighted by Gasteiger charge is 2.37. The molecule has 3 amide bonds. The molecule has 0 radical (unpaired) electrons. The van der Waals surface area contributed by atoms with Crippen LogP contribution in [-0.4, -0.2) is 61.2 Å². The fourth-order valence-corrected chi connectivity index (χ4v) is 6.21. The Morgan fingerprint density at radius 2 is 1.81 bits per heavy atom. The Morgan fingerprint density at radius 3 is 2.65 bits per heavy atom. The van der Waals surface area contributed by atoms with Crippen LogP contribution >= 0.6 is 0 Å². The van der Waals surface area contributed by atoms with E-state index in [-0.39, 0.29) is 6.17 Å². The number of benzene rings is 1. The Hall–Kier alpha value is -4.24. The minimum atomic E-state index is -0.423. The smallest absolute Gasteiger partial charge is 0.261 e. The third-order valence-electron chi connectivity index (χ3n) is 7.90. The molecule has 1 atom stereocenters. The van der Waals surface area contributed by atoms with Crippen molar-refractivity contribution in [3.8, 4) is 0 Å². The normalized spacial score (nSPS) is 20.6. The fraction of sp³-hybridized carbons (Fsp3) is 0.286. The Morgan fingerprint density at radius 1 is 0.973 bits per heavy atom. The maximum atomic E-state index is 13.3. The number of fused-ring (bicyclic) bond motifs is 1. The number of pyridine rings is 1. The molecule has 1 N–H and O–H groups in total. The summed E-state index contributed by atoms with van der Waals surface area (Å²) in [6.45, 7) is 3.02. The van der Waals surface area contributed by atoms with Crippen molar-refractivity contribution in [2.45, 2.75) is 38.5 Å². The highest BCUT2D eigenvalue weighted by Crippen LogP contribution is 2.38. The van der Waals surface area contributed by atoms with Crippen LogP contribution < -0.4 is 5.32 Å². The van der Waals surface area contributed by atoms with Gasteiger partial charge in [0.25, 0.3) is 11.8 Å². The lowest BCUT2D eigenvalue weighted by molar-refractivity contribution is -0.126. The molecule has 0 spiro atoms.